The summed E-state index contributed by atoms with van der Waals surface area (Å²) < 4.78 is 37.8. The van der Waals surface area contributed by atoms with Crippen molar-refractivity contribution in [3.63, 3.8) is 0 Å². The Balaban J connectivity index is 2.22. The molecular weight excluding hydrogens is 357 g/mol. The van der Waals surface area contributed by atoms with Crippen LogP contribution in [0.15, 0.2) is 24.3 Å². The highest BCUT2D eigenvalue weighted by atomic mass is 32.2. The molecule has 1 aliphatic heterocycles. The minimum Gasteiger partial charge on any atom is -0.319 e. The van der Waals surface area contributed by atoms with E-state index < -0.39 is 38.9 Å². The Morgan fingerprint density at radius 1 is 1.42 bits per heavy atom. The molecule has 0 aliphatic carbocycles. The largest absolute Gasteiger partial charge is 0.319 e. The van der Waals surface area contributed by atoms with Crippen LogP contribution in [-0.2, 0) is 20.4 Å². The molecule has 1 heterocycles. The number of rotatable bonds is 5. The summed E-state index contributed by atoms with van der Waals surface area (Å²) in [6.07, 6.45) is -2.30. The molecule has 1 aromatic rings. The predicted octanol–water partition coefficient (Wildman–Crippen LogP) is 1.83. The molecular formula is C18H24FN3O3S. The maximum Gasteiger partial charge on any atom is 0.303 e. The van der Waals surface area contributed by atoms with E-state index in [1.807, 2.05) is 19.1 Å². The monoisotopic (exact) mass is 381 g/mol. The van der Waals surface area contributed by atoms with Gasteiger partial charge in [-0.25, -0.2) is 19.4 Å². The van der Waals surface area contributed by atoms with Gasteiger partial charge in [-0.2, -0.15) is 0 Å². The van der Waals surface area contributed by atoms with E-state index in [1.165, 1.54) is 13.8 Å². The fourth-order valence-corrected chi connectivity index (χ4v) is 4.38. The third-order valence-corrected chi connectivity index (χ3v) is 7.52. The maximum absolute atomic E-state index is 13.6. The molecule has 1 aromatic carbocycles. The van der Waals surface area contributed by atoms with Gasteiger partial charge in [0.25, 0.3) is 0 Å². The first-order valence-corrected chi connectivity index (χ1v) is 9.99. The highest BCUT2D eigenvalue weighted by Gasteiger charge is 2.49. The van der Waals surface area contributed by atoms with Crippen LogP contribution in [0.4, 0.5) is 4.39 Å². The summed E-state index contributed by atoms with van der Waals surface area (Å²) in [7, 11) is -3.78. The van der Waals surface area contributed by atoms with Crippen LogP contribution in [0.3, 0.4) is 0 Å². The van der Waals surface area contributed by atoms with Gasteiger partial charge in [0.05, 0.1) is 23.5 Å². The van der Waals surface area contributed by atoms with Gasteiger partial charge in [-0.3, -0.25) is 14.5 Å². The Kier molecular flexibility index (Phi) is 5.73. The van der Waals surface area contributed by atoms with Gasteiger partial charge in [-0.15, -0.1) is 0 Å². The normalized spacial score (nSPS) is 22.1. The predicted molar refractivity (Wildman–Crippen MR) is 97.5 cm³/mol. The molecule has 1 fully saturated rings. The number of likely N-dealkylation sites (tertiary alicyclic amines) is 1. The third kappa shape index (κ3) is 3.89. The molecule has 0 saturated carbocycles. The third-order valence-electron chi connectivity index (χ3n) is 4.95. The molecule has 3 atom stereocenters. The Hall–Kier alpha value is -1.98. The molecule has 1 saturated heterocycles. The van der Waals surface area contributed by atoms with Gasteiger partial charge in [-0.05, 0) is 26.3 Å². The van der Waals surface area contributed by atoms with E-state index in [0.717, 1.165) is 10.5 Å². The first kappa shape index (κ1) is 20.3. The average molecular weight is 381 g/mol. The van der Waals surface area contributed by atoms with Gasteiger partial charge in [-0.1, -0.05) is 29.8 Å². The molecule has 0 bridgehead atoms. The number of hydrogen-bond donors (Lipinski definition) is 1. The van der Waals surface area contributed by atoms with Crippen LogP contribution in [0, 0.1) is 13.5 Å². The van der Waals surface area contributed by atoms with Crippen molar-refractivity contribution in [3.05, 3.63) is 46.8 Å². The number of aryl methyl sites for hydroxylation is 1. The van der Waals surface area contributed by atoms with Gasteiger partial charge in [0.2, 0.25) is 5.91 Å². The summed E-state index contributed by atoms with van der Waals surface area (Å²) >= 11 is 0. The number of hydrogen-bond acceptors (Lipinski definition) is 4. The number of halogens is 1. The molecule has 2 rings (SSSR count). The lowest BCUT2D eigenvalue weighted by Crippen LogP contribution is -2.58. The summed E-state index contributed by atoms with van der Waals surface area (Å²) in [5.74, 6) is -0.956. The van der Waals surface area contributed by atoms with Gasteiger partial charge < -0.3 is 5.73 Å². The number of sulfone groups is 1. The number of carbonyl (C=O) groups excluding carboxylic acids is 1. The Morgan fingerprint density at radius 2 is 2.00 bits per heavy atom. The molecule has 1 amide bonds. The van der Waals surface area contributed by atoms with Crippen molar-refractivity contribution in [2.45, 2.75) is 56.1 Å². The zero-order valence-corrected chi connectivity index (χ0v) is 16.0. The molecule has 0 unspecified atom stereocenters. The highest BCUT2D eigenvalue weighted by molar-refractivity contribution is 7.92. The summed E-state index contributed by atoms with van der Waals surface area (Å²) in [4.78, 5) is 17.0. The fraction of sp³-hybridized carbons (Fsp3) is 0.556. The van der Waals surface area contributed by atoms with Gasteiger partial charge in [0.15, 0.2) is 9.84 Å². The second kappa shape index (κ2) is 7.33. The van der Waals surface area contributed by atoms with Crippen LogP contribution in [0.25, 0.3) is 4.85 Å². The van der Waals surface area contributed by atoms with E-state index in [4.69, 9.17) is 12.3 Å². The summed E-state index contributed by atoms with van der Waals surface area (Å²) in [5, 5.41) is 0. The molecule has 0 spiro atoms. The minimum absolute atomic E-state index is 0.0709. The molecule has 142 valence electrons. The SMILES string of the molecule is [C-]#[N+][C@@H]1C[C@H](F)CN1C(=O)[C@@H](N)C(C)(C)S(=O)(=O)Cc1ccc(C)cc1. The van der Waals surface area contributed by atoms with Crippen molar-refractivity contribution < 1.29 is 17.6 Å². The molecule has 1 aliphatic rings. The quantitative estimate of drug-likeness (QED) is 0.789. The fourth-order valence-electron chi connectivity index (χ4n) is 2.88. The van der Waals surface area contributed by atoms with E-state index in [2.05, 4.69) is 4.85 Å². The average Bonchev–Trinajstić information content (AvgIpc) is 2.96. The molecule has 0 radical (unpaired) electrons. The second-order valence-electron chi connectivity index (χ2n) is 7.26. The standard InChI is InChI=1S/C18H24FN3O3S/c1-12-5-7-13(8-6-12)11-26(24,25)18(2,3)16(20)17(23)22-10-14(19)9-15(22)21-4/h5-8,14-16H,9-11,20H2,1-3H3/t14-,15-,16+/m0/s1. The molecule has 0 aromatic heterocycles. The van der Waals surface area contributed by atoms with Crippen molar-refractivity contribution in [1.29, 1.82) is 0 Å². The van der Waals surface area contributed by atoms with E-state index in [0.29, 0.717) is 5.56 Å². The number of benzene rings is 1. The lowest BCUT2D eigenvalue weighted by molar-refractivity contribution is -0.133. The molecule has 8 heteroatoms. The van der Waals surface area contributed by atoms with E-state index in [9.17, 15) is 17.6 Å². The molecule has 2 N–H and O–H groups in total. The van der Waals surface area contributed by atoms with Gasteiger partial charge >= 0.3 is 6.17 Å². The second-order valence-corrected chi connectivity index (χ2v) is 9.83. The Labute approximate surface area is 153 Å². The van der Waals surface area contributed by atoms with Crippen molar-refractivity contribution in [2.75, 3.05) is 6.54 Å². The van der Waals surface area contributed by atoms with Crippen LogP contribution in [0.5, 0.6) is 0 Å². The molecule has 26 heavy (non-hydrogen) atoms. The van der Waals surface area contributed by atoms with E-state index >= 15 is 0 Å². The van der Waals surface area contributed by atoms with Crippen LogP contribution in [-0.4, -0.2) is 48.9 Å². The number of carbonyl (C=O) groups is 1. The summed E-state index contributed by atoms with van der Waals surface area (Å²) in [6, 6.07) is 5.69. The highest BCUT2D eigenvalue weighted by Crippen LogP contribution is 2.29. The van der Waals surface area contributed by atoms with Gasteiger partial charge in [0.1, 0.15) is 12.2 Å². The lowest BCUT2D eigenvalue weighted by atomic mass is 10.0. The van der Waals surface area contributed by atoms with Crippen molar-refractivity contribution >= 4 is 15.7 Å². The zero-order valence-electron chi connectivity index (χ0n) is 15.1. The van der Waals surface area contributed by atoms with Crippen LogP contribution in [0.2, 0.25) is 0 Å². The minimum atomic E-state index is -3.78. The number of amides is 1. The summed E-state index contributed by atoms with van der Waals surface area (Å²) in [6.45, 7) is 11.6. The maximum atomic E-state index is 13.6. The smallest absolute Gasteiger partial charge is 0.303 e. The topological polar surface area (TPSA) is 84.8 Å². The zero-order chi connectivity index (χ0) is 19.7. The van der Waals surface area contributed by atoms with Crippen LogP contribution >= 0.6 is 0 Å². The first-order valence-electron chi connectivity index (χ1n) is 8.34. The summed E-state index contributed by atoms with van der Waals surface area (Å²) in [5.41, 5.74) is 7.62. The van der Waals surface area contributed by atoms with E-state index in [-0.39, 0.29) is 18.7 Å². The Bertz CT molecular complexity index is 815. The lowest BCUT2D eigenvalue weighted by Gasteiger charge is -2.32. The van der Waals surface area contributed by atoms with Crippen LogP contribution < -0.4 is 5.73 Å². The molecule has 6 nitrogen and oxygen atoms in total. The number of nitrogens with two attached hydrogens (primary N) is 1. The van der Waals surface area contributed by atoms with Crippen molar-refractivity contribution in [2.24, 2.45) is 5.73 Å². The van der Waals surface area contributed by atoms with E-state index in [1.54, 1.807) is 12.1 Å². The number of alkyl halides is 1. The van der Waals surface area contributed by atoms with Crippen LogP contribution in [0.1, 0.15) is 31.4 Å². The first-order chi connectivity index (χ1) is 12.0. The van der Waals surface area contributed by atoms with Gasteiger partial charge in [0, 0.05) is 0 Å². The van der Waals surface area contributed by atoms with Crippen molar-refractivity contribution in [1.82, 2.24) is 4.90 Å². The van der Waals surface area contributed by atoms with Crippen molar-refractivity contribution in [3.8, 4) is 0 Å². The number of nitrogens with zero attached hydrogens (tertiary/aromatic N) is 2. The Morgan fingerprint density at radius 3 is 2.54 bits per heavy atom.